The summed E-state index contributed by atoms with van der Waals surface area (Å²) in [5.74, 6) is -0.437. The van der Waals surface area contributed by atoms with Crippen LogP contribution in [0.3, 0.4) is 0 Å². The first-order valence-electron chi connectivity index (χ1n) is 14.2. The van der Waals surface area contributed by atoms with Crippen molar-refractivity contribution in [2.45, 2.75) is 27.1 Å². The molecule has 0 unspecified atom stereocenters. The summed E-state index contributed by atoms with van der Waals surface area (Å²) in [5.41, 5.74) is 4.07. The molecular formula is C32H25NO2. The molecule has 35 heavy (non-hydrogen) atoms. The minimum atomic E-state index is -2.49. The quantitative estimate of drug-likeness (QED) is 0.264. The minimum absolute atomic E-state index is 0.0773. The van der Waals surface area contributed by atoms with Crippen molar-refractivity contribution in [3.8, 4) is 11.3 Å². The summed E-state index contributed by atoms with van der Waals surface area (Å²) in [6.07, 6.45) is -0.581. The number of pyridine rings is 1. The van der Waals surface area contributed by atoms with Gasteiger partial charge in [0.25, 0.3) is 0 Å². The van der Waals surface area contributed by atoms with Gasteiger partial charge in [0, 0.05) is 45.5 Å². The van der Waals surface area contributed by atoms with E-state index in [0.717, 1.165) is 43.5 Å². The molecule has 3 heteroatoms. The Kier molecular flexibility index (Phi) is 3.34. The molecule has 0 aliphatic heterocycles. The molecule has 7 rings (SSSR count). The number of hydrogen-bond acceptors (Lipinski definition) is 3. The fraction of sp³-hybridized carbons (Fsp3) is 0.156. The molecule has 0 saturated heterocycles. The van der Waals surface area contributed by atoms with Crippen LogP contribution < -0.4 is 0 Å². The molecule has 0 aliphatic rings. The molecular weight excluding hydrogens is 430 g/mol. The lowest BCUT2D eigenvalue weighted by molar-refractivity contribution is 0.644. The second kappa shape index (κ2) is 7.44. The number of rotatable bonds is 3. The first-order chi connectivity index (χ1) is 19.0. The fourth-order valence-corrected chi connectivity index (χ4v) is 5.03. The second-order valence-corrected chi connectivity index (χ2v) is 9.31. The highest BCUT2D eigenvalue weighted by molar-refractivity contribution is 6.19. The van der Waals surface area contributed by atoms with Gasteiger partial charge in [0.15, 0.2) is 0 Å². The van der Waals surface area contributed by atoms with Crippen molar-refractivity contribution in [1.82, 2.24) is 4.98 Å². The van der Waals surface area contributed by atoms with Crippen molar-refractivity contribution in [2.75, 3.05) is 0 Å². The molecule has 0 N–H and O–H groups in total. The number of aromatic nitrogens is 1. The predicted molar refractivity (Wildman–Crippen MR) is 145 cm³/mol. The van der Waals surface area contributed by atoms with Crippen LogP contribution in [-0.4, -0.2) is 4.98 Å². The third kappa shape index (κ3) is 3.08. The molecule has 0 aliphatic carbocycles. The van der Waals surface area contributed by atoms with Crippen LogP contribution in [0.15, 0.2) is 87.8 Å². The predicted octanol–water partition coefficient (Wildman–Crippen LogP) is 9.21. The standard InChI is InChI=1S/C32H25NO2/c1-18(2)13-21-14-28(33-17-19(21)3)25-10-6-9-23-26-15-30-27(16-29(26)35-32(23)25)24-12-11-20-7-4-5-8-22(20)31(24)34-30/h4-12,14-18H,13H2,1-3H3/i3D3,13D2. The maximum atomic E-state index is 8.69. The van der Waals surface area contributed by atoms with Crippen LogP contribution >= 0.6 is 0 Å². The van der Waals surface area contributed by atoms with E-state index in [4.69, 9.17) is 15.7 Å². The summed E-state index contributed by atoms with van der Waals surface area (Å²) < 4.78 is 54.1. The van der Waals surface area contributed by atoms with Gasteiger partial charge in [-0.1, -0.05) is 56.3 Å². The highest BCUT2D eigenvalue weighted by Gasteiger charge is 2.17. The number of nitrogens with zero attached hydrogens (tertiary/aromatic N) is 1. The lowest BCUT2D eigenvalue weighted by atomic mass is 9.97. The van der Waals surface area contributed by atoms with Crippen molar-refractivity contribution < 1.29 is 15.7 Å². The first-order valence-corrected chi connectivity index (χ1v) is 11.7. The molecule has 170 valence electrons. The van der Waals surface area contributed by atoms with Gasteiger partial charge in [-0.25, -0.2) is 0 Å². The highest BCUT2D eigenvalue weighted by atomic mass is 16.3. The van der Waals surface area contributed by atoms with Crippen molar-refractivity contribution >= 4 is 54.6 Å². The highest BCUT2D eigenvalue weighted by Crippen LogP contribution is 2.41. The average molecular weight is 461 g/mol. The molecule has 3 nitrogen and oxygen atoms in total. The van der Waals surface area contributed by atoms with Crippen LogP contribution in [0.5, 0.6) is 0 Å². The Morgan fingerprint density at radius 3 is 2.34 bits per heavy atom. The van der Waals surface area contributed by atoms with Crippen LogP contribution in [0.2, 0.25) is 0 Å². The lowest BCUT2D eigenvalue weighted by Crippen LogP contribution is -1.99. The van der Waals surface area contributed by atoms with Gasteiger partial charge in [0.1, 0.15) is 22.3 Å². The molecule has 0 spiro atoms. The van der Waals surface area contributed by atoms with E-state index in [1.54, 1.807) is 19.9 Å². The molecule has 3 heterocycles. The van der Waals surface area contributed by atoms with Crippen molar-refractivity contribution in [3.63, 3.8) is 0 Å². The molecule has 0 atom stereocenters. The minimum Gasteiger partial charge on any atom is -0.455 e. The van der Waals surface area contributed by atoms with Crippen LogP contribution in [0, 0.1) is 12.8 Å². The van der Waals surface area contributed by atoms with Crippen LogP contribution in [-0.2, 0) is 6.37 Å². The van der Waals surface area contributed by atoms with E-state index >= 15 is 0 Å². The zero-order valence-corrected chi connectivity index (χ0v) is 19.3. The Morgan fingerprint density at radius 2 is 1.54 bits per heavy atom. The molecule has 3 aromatic heterocycles. The zero-order chi connectivity index (χ0) is 28.0. The molecule has 0 fully saturated rings. The number of aryl methyl sites for hydroxylation is 1. The van der Waals surface area contributed by atoms with Gasteiger partial charge in [0.2, 0.25) is 0 Å². The van der Waals surface area contributed by atoms with E-state index < -0.39 is 19.1 Å². The molecule has 0 amide bonds. The van der Waals surface area contributed by atoms with Crippen LogP contribution in [0.25, 0.3) is 65.9 Å². The summed E-state index contributed by atoms with van der Waals surface area (Å²) in [7, 11) is 0. The van der Waals surface area contributed by atoms with Crippen molar-refractivity contribution in [3.05, 3.63) is 90.1 Å². The Labute approximate surface area is 210 Å². The summed E-state index contributed by atoms with van der Waals surface area (Å²) >= 11 is 0. The number of furan rings is 2. The van der Waals surface area contributed by atoms with E-state index in [9.17, 15) is 0 Å². The number of hydrogen-bond donors (Lipinski definition) is 0. The van der Waals surface area contributed by atoms with Gasteiger partial charge in [-0.15, -0.1) is 0 Å². The largest absolute Gasteiger partial charge is 0.455 e. The number of benzene rings is 4. The summed E-state index contributed by atoms with van der Waals surface area (Å²) in [4.78, 5) is 4.48. The van der Waals surface area contributed by atoms with Gasteiger partial charge in [-0.3, -0.25) is 4.98 Å². The maximum Gasteiger partial charge on any atom is 0.144 e. The van der Waals surface area contributed by atoms with Gasteiger partial charge >= 0.3 is 0 Å². The fourth-order valence-electron chi connectivity index (χ4n) is 5.03. The van der Waals surface area contributed by atoms with Gasteiger partial charge in [0.05, 0.1) is 5.69 Å². The van der Waals surface area contributed by atoms with E-state index in [-0.39, 0.29) is 11.1 Å². The second-order valence-electron chi connectivity index (χ2n) is 9.31. The normalized spacial score (nSPS) is 15.1. The molecule has 7 aromatic rings. The summed E-state index contributed by atoms with van der Waals surface area (Å²) in [6, 6.07) is 23.6. The monoisotopic (exact) mass is 460 g/mol. The third-order valence-electron chi connectivity index (χ3n) is 6.60. The third-order valence-corrected chi connectivity index (χ3v) is 6.60. The Hall–Kier alpha value is -4.11. The first kappa shape index (κ1) is 15.7. The van der Waals surface area contributed by atoms with Crippen LogP contribution in [0.1, 0.15) is 31.8 Å². The SMILES string of the molecule is [2H]C([2H])([2H])c1cnc(-c2cccc3c2oc2cc4c(cc23)oc2c3ccccc3ccc42)cc1C([2H])([2H])C(C)C. The molecule has 0 bridgehead atoms. The molecule has 0 saturated carbocycles. The van der Waals surface area contributed by atoms with Gasteiger partial charge < -0.3 is 8.83 Å². The smallest absolute Gasteiger partial charge is 0.144 e. The topological polar surface area (TPSA) is 39.2 Å². The van der Waals surface area contributed by atoms with Gasteiger partial charge in [-0.2, -0.15) is 0 Å². The molecule has 4 aromatic carbocycles. The van der Waals surface area contributed by atoms with E-state index in [2.05, 4.69) is 29.2 Å². The van der Waals surface area contributed by atoms with E-state index in [0.29, 0.717) is 22.4 Å². The number of para-hydroxylation sites is 1. The number of fused-ring (bicyclic) bond motifs is 8. The van der Waals surface area contributed by atoms with Crippen LogP contribution in [0.4, 0.5) is 0 Å². The van der Waals surface area contributed by atoms with E-state index in [1.807, 2.05) is 42.5 Å². The van der Waals surface area contributed by atoms with Gasteiger partial charge in [-0.05, 0) is 66.0 Å². The maximum absolute atomic E-state index is 8.69. The zero-order valence-electron chi connectivity index (χ0n) is 24.3. The summed E-state index contributed by atoms with van der Waals surface area (Å²) in [5, 5.41) is 5.91. The van der Waals surface area contributed by atoms with Crippen molar-refractivity contribution in [1.29, 1.82) is 0 Å². The molecule has 0 radical (unpaired) electrons. The Morgan fingerprint density at radius 1 is 0.800 bits per heavy atom. The van der Waals surface area contributed by atoms with Crippen molar-refractivity contribution in [2.24, 2.45) is 5.92 Å². The average Bonchev–Trinajstić information content (AvgIpc) is 3.48. The summed E-state index contributed by atoms with van der Waals surface area (Å²) in [6.45, 7) is 0.994. The Balaban J connectivity index is 1.46. The lowest BCUT2D eigenvalue weighted by Gasteiger charge is -2.10. The Bertz CT molecular complexity index is 2120. The van der Waals surface area contributed by atoms with E-state index in [1.165, 1.54) is 6.20 Å².